The molecule has 3 aromatic heterocycles. The third kappa shape index (κ3) is 3.79. The average Bonchev–Trinajstić information content (AvgIpc) is 2.98. The van der Waals surface area contributed by atoms with Crippen LogP contribution in [0.15, 0.2) is 109 Å². The maximum Gasteiger partial charge on any atom is 0.142 e. The fourth-order valence-electron chi connectivity index (χ4n) is 6.77. The van der Waals surface area contributed by atoms with Crippen molar-refractivity contribution in [1.29, 1.82) is 0 Å². The Hall–Kier alpha value is -4.24. The summed E-state index contributed by atoms with van der Waals surface area (Å²) in [6.07, 6.45) is 5.89. The van der Waals surface area contributed by atoms with E-state index in [1.165, 1.54) is 0 Å². The Kier molecular flexibility index (Phi) is 5.63. The largest absolute Gasteiger partial charge is 0.304 e. The predicted octanol–water partition coefficient (Wildman–Crippen LogP) is 6.08. The molecule has 197 valence electrons. The van der Waals surface area contributed by atoms with Crippen LogP contribution in [0.1, 0.15) is 85.5 Å². The van der Waals surface area contributed by atoms with E-state index in [2.05, 4.69) is 138 Å². The van der Waals surface area contributed by atoms with Crippen molar-refractivity contribution < 1.29 is 24.7 Å². The summed E-state index contributed by atoms with van der Waals surface area (Å²) in [5.74, 6) is -0.387. The molecule has 16 bridgehead atoms. The molecule has 6 aromatic rings. The van der Waals surface area contributed by atoms with E-state index in [0.29, 0.717) is 0 Å². The number of benzene rings is 3. The Morgan fingerprint density at radius 1 is 0.439 bits per heavy atom. The predicted molar refractivity (Wildman–Crippen MR) is 150 cm³/mol. The normalized spacial score (nSPS) is 20.5. The van der Waals surface area contributed by atoms with E-state index in [9.17, 15) is 0 Å². The van der Waals surface area contributed by atoms with Gasteiger partial charge in [0.2, 0.25) is 0 Å². The van der Waals surface area contributed by atoms with Gasteiger partial charge in [0.15, 0.2) is 0 Å². The van der Waals surface area contributed by atoms with Gasteiger partial charge in [-0.05, 0) is 24.3 Å². The second-order valence-corrected chi connectivity index (χ2v) is 10.8. The first-order chi connectivity index (χ1) is 19.8. The van der Waals surface area contributed by atoms with E-state index in [1.807, 2.05) is 0 Å². The van der Waals surface area contributed by atoms with Gasteiger partial charge in [-0.3, -0.25) is 9.97 Å². The second-order valence-electron chi connectivity index (χ2n) is 10.8. The molecule has 0 fully saturated rings. The zero-order valence-electron chi connectivity index (χ0n) is 21.9. The summed E-state index contributed by atoms with van der Waals surface area (Å²) in [7, 11) is 0. The maximum atomic E-state index is 5.36. The first kappa shape index (κ1) is 24.5. The molecule has 0 N–H and O–H groups in total. The SMILES string of the molecule is [Ir].[c-]1c2cccc1C1c3[c-][n+](ccc3)C3c4[c-]c(ccc4)C2c2cccc(n2)C(c2[c-]c3ccc2)c2cccc1n2. The molecule has 0 spiro atoms. The van der Waals surface area contributed by atoms with E-state index in [0.717, 1.165) is 61.7 Å². The quantitative estimate of drug-likeness (QED) is 0.142. The first-order valence-electron chi connectivity index (χ1n) is 13.7. The zero-order valence-corrected chi connectivity index (χ0v) is 24.3. The molecule has 10 rings (SSSR count). The minimum atomic E-state index is -0.156. The molecule has 3 aromatic carbocycles. The number of hydrogen-bond acceptors (Lipinski definition) is 2. The summed E-state index contributed by atoms with van der Waals surface area (Å²) in [6.45, 7) is 0. The van der Waals surface area contributed by atoms with Crippen LogP contribution in [0.25, 0.3) is 0 Å². The van der Waals surface area contributed by atoms with Crippen molar-refractivity contribution in [3.63, 3.8) is 0 Å². The van der Waals surface area contributed by atoms with E-state index in [1.54, 1.807) is 0 Å². The Labute approximate surface area is 253 Å². The second kappa shape index (κ2) is 9.41. The number of pyridine rings is 3. The minimum absolute atomic E-state index is 0. The van der Waals surface area contributed by atoms with E-state index in [-0.39, 0.29) is 43.9 Å². The molecular weight excluding hydrogens is 679 g/mol. The van der Waals surface area contributed by atoms with Gasteiger partial charge in [-0.1, -0.05) is 28.8 Å². The topological polar surface area (TPSA) is 29.7 Å². The average molecular weight is 701 g/mol. The molecule has 1 radical (unpaired) electrons. The van der Waals surface area contributed by atoms with Crippen LogP contribution < -0.4 is 4.57 Å². The smallest absolute Gasteiger partial charge is 0.142 e. The first-order valence-corrected chi connectivity index (χ1v) is 13.7. The molecule has 3 nitrogen and oxygen atoms in total. The van der Waals surface area contributed by atoms with Gasteiger partial charge >= 0.3 is 0 Å². The van der Waals surface area contributed by atoms with E-state index >= 15 is 0 Å². The molecule has 0 saturated carbocycles. The molecule has 0 saturated heterocycles. The van der Waals surface area contributed by atoms with Crippen LogP contribution >= 0.6 is 0 Å². The van der Waals surface area contributed by atoms with Gasteiger partial charge in [0.25, 0.3) is 0 Å². The van der Waals surface area contributed by atoms with Crippen molar-refractivity contribution in [2.45, 2.75) is 23.8 Å². The third-order valence-electron chi connectivity index (χ3n) is 8.49. The van der Waals surface area contributed by atoms with Gasteiger partial charge in [0.1, 0.15) is 12.2 Å². The van der Waals surface area contributed by atoms with Crippen molar-refractivity contribution in [3.05, 3.63) is 195 Å². The summed E-state index contributed by atoms with van der Waals surface area (Å²) in [5.41, 5.74) is 11.4. The molecule has 41 heavy (non-hydrogen) atoms. The molecule has 4 heteroatoms. The summed E-state index contributed by atoms with van der Waals surface area (Å²) in [6, 6.07) is 47.9. The maximum absolute atomic E-state index is 5.36. The van der Waals surface area contributed by atoms with E-state index < -0.39 is 0 Å². The van der Waals surface area contributed by atoms with Gasteiger partial charge in [-0.25, -0.2) is 0 Å². The Morgan fingerprint density at radius 3 is 1.39 bits per heavy atom. The molecule has 4 aliphatic rings. The van der Waals surface area contributed by atoms with Gasteiger partial charge in [-0.15, -0.1) is 11.6 Å². The summed E-state index contributed by atoms with van der Waals surface area (Å²) >= 11 is 0. The van der Waals surface area contributed by atoms with Crippen LogP contribution in [-0.2, 0) is 20.1 Å². The van der Waals surface area contributed by atoms with Crippen molar-refractivity contribution in [2.75, 3.05) is 0 Å². The summed E-state index contributed by atoms with van der Waals surface area (Å²) in [5, 5.41) is 0. The van der Waals surface area contributed by atoms with Gasteiger partial charge < -0.3 is 4.57 Å². The summed E-state index contributed by atoms with van der Waals surface area (Å²) < 4.78 is 2.19. The molecule has 4 aliphatic heterocycles. The van der Waals surface area contributed by atoms with Crippen LogP contribution in [0.5, 0.6) is 0 Å². The van der Waals surface area contributed by atoms with Crippen molar-refractivity contribution >= 4 is 0 Å². The van der Waals surface area contributed by atoms with Gasteiger partial charge in [0.05, 0.1) is 17.6 Å². The van der Waals surface area contributed by atoms with Gasteiger partial charge in [0, 0.05) is 49.2 Å². The Bertz CT molecular complexity index is 1480. The molecule has 0 aliphatic carbocycles. The number of aromatic nitrogens is 3. The van der Waals surface area contributed by atoms with Crippen LogP contribution in [0.3, 0.4) is 0 Å². The third-order valence-corrected chi connectivity index (χ3v) is 8.49. The monoisotopic (exact) mass is 701 g/mol. The Morgan fingerprint density at radius 2 is 0.829 bits per heavy atom. The van der Waals surface area contributed by atoms with Gasteiger partial charge in [-0.2, -0.15) is 95.6 Å². The Balaban J connectivity index is 0.00000256. The van der Waals surface area contributed by atoms with Crippen LogP contribution in [0.2, 0.25) is 0 Å². The van der Waals surface area contributed by atoms with Crippen molar-refractivity contribution in [3.8, 4) is 0 Å². The minimum Gasteiger partial charge on any atom is -0.304 e. The number of rotatable bonds is 0. The van der Waals surface area contributed by atoms with Crippen molar-refractivity contribution in [2.24, 2.45) is 0 Å². The number of nitrogens with zero attached hydrogens (tertiary/aromatic N) is 3. The van der Waals surface area contributed by atoms with Crippen molar-refractivity contribution in [1.82, 2.24) is 9.97 Å². The molecule has 0 amide bonds. The van der Waals surface area contributed by atoms with E-state index in [4.69, 9.17) is 9.97 Å². The fourth-order valence-corrected chi connectivity index (χ4v) is 6.77. The number of hydrogen-bond donors (Lipinski definition) is 0. The van der Waals surface area contributed by atoms with Crippen LogP contribution in [0.4, 0.5) is 0 Å². The van der Waals surface area contributed by atoms with Crippen LogP contribution in [0, 0.1) is 24.4 Å². The molecule has 4 unspecified atom stereocenters. The molecule has 4 atom stereocenters. The zero-order chi connectivity index (χ0) is 26.2. The molecular formula is C37H22IrN3-3. The van der Waals surface area contributed by atoms with Crippen LogP contribution in [-0.4, -0.2) is 9.97 Å². The standard InChI is InChI=1S/C37H22N3.Ir/c1-7-23-19-24(8-1)35-29-13-6-18-40(22-29)37-27-11-2-9-25(20-27)34(23)30-14-4-16-32(38-30)36(26-10-3-12-28(37)21-26)33-17-5-15-31(35)39-33;/h1-18,34-37H;/q-3;. The molecule has 7 heterocycles. The summed E-state index contributed by atoms with van der Waals surface area (Å²) in [4.78, 5) is 10.7. The fraction of sp³-hybridized carbons (Fsp3) is 0.108.